The van der Waals surface area contributed by atoms with Crippen LogP contribution in [0.2, 0.25) is 0 Å². The molecule has 0 unspecified atom stereocenters. The quantitative estimate of drug-likeness (QED) is 0.491. The van der Waals surface area contributed by atoms with E-state index in [9.17, 15) is 9.59 Å². The molecule has 7 heteroatoms. The van der Waals surface area contributed by atoms with Gasteiger partial charge in [-0.3, -0.25) is 14.3 Å². The maximum Gasteiger partial charge on any atom is 0.273 e. The molecule has 1 amide bonds. The van der Waals surface area contributed by atoms with E-state index in [1.165, 1.54) is 6.07 Å². The summed E-state index contributed by atoms with van der Waals surface area (Å²) in [5.41, 5.74) is 3.68. The molecule has 0 saturated heterocycles. The number of benzene rings is 2. The van der Waals surface area contributed by atoms with E-state index in [0.29, 0.717) is 12.1 Å². The van der Waals surface area contributed by atoms with E-state index in [-0.39, 0.29) is 11.5 Å². The van der Waals surface area contributed by atoms with Gasteiger partial charge < -0.3 is 5.32 Å². The van der Waals surface area contributed by atoms with Crippen molar-refractivity contribution in [3.8, 4) is 0 Å². The van der Waals surface area contributed by atoms with Crippen LogP contribution in [0.25, 0.3) is 16.6 Å². The lowest BCUT2D eigenvalue weighted by Gasteiger charge is -2.20. The maximum absolute atomic E-state index is 13.3. The molecule has 29 heavy (non-hydrogen) atoms. The van der Waals surface area contributed by atoms with Crippen molar-refractivity contribution >= 4 is 44.1 Å². The topological polar surface area (TPSA) is 68.4 Å². The Hall–Kier alpha value is -2.93. The first-order valence-electron chi connectivity index (χ1n) is 9.47. The predicted octanol–water partition coefficient (Wildman–Crippen LogP) is 4.62. The second kappa shape index (κ2) is 7.48. The van der Waals surface area contributed by atoms with Gasteiger partial charge in [-0.15, -0.1) is 0 Å². The number of carbonyl (C=O) groups is 1. The molecule has 0 fully saturated rings. The molecule has 4 rings (SSSR count). The molecule has 4 aromatic rings. The lowest BCUT2D eigenvalue weighted by Crippen LogP contribution is -2.29. The fraction of sp³-hybridized carbons (Fsp3) is 0.227. The Bertz CT molecular complexity index is 1310. The molecule has 1 atom stereocenters. The van der Waals surface area contributed by atoms with Crippen molar-refractivity contribution in [1.29, 1.82) is 0 Å². The van der Waals surface area contributed by atoms with Crippen molar-refractivity contribution in [2.24, 2.45) is 0 Å². The number of para-hydroxylation sites is 1. The Morgan fingerprint density at radius 1 is 1.17 bits per heavy atom. The molecule has 0 bridgehead atoms. The summed E-state index contributed by atoms with van der Waals surface area (Å²) >= 11 is 3.49. The van der Waals surface area contributed by atoms with Crippen molar-refractivity contribution in [1.82, 2.24) is 14.2 Å². The summed E-state index contributed by atoms with van der Waals surface area (Å²) in [7, 11) is 0. The Balaban J connectivity index is 1.87. The molecule has 0 radical (unpaired) electrons. The fourth-order valence-corrected chi connectivity index (χ4v) is 3.98. The van der Waals surface area contributed by atoms with E-state index in [2.05, 4.69) is 26.2 Å². The first-order chi connectivity index (χ1) is 13.9. The lowest BCUT2D eigenvalue weighted by molar-refractivity contribution is -0.119. The highest BCUT2D eigenvalue weighted by molar-refractivity contribution is 9.10. The summed E-state index contributed by atoms with van der Waals surface area (Å²) < 4.78 is 4.80. The highest BCUT2D eigenvalue weighted by Gasteiger charge is 2.25. The van der Waals surface area contributed by atoms with E-state index >= 15 is 0 Å². The molecular formula is C22H21BrN4O2. The second-order valence-corrected chi connectivity index (χ2v) is 7.96. The van der Waals surface area contributed by atoms with Crippen LogP contribution >= 0.6 is 15.9 Å². The van der Waals surface area contributed by atoms with E-state index in [4.69, 9.17) is 0 Å². The van der Waals surface area contributed by atoms with Crippen LogP contribution in [0.4, 0.5) is 5.69 Å². The van der Waals surface area contributed by atoms with Crippen LogP contribution in [-0.2, 0) is 4.79 Å². The zero-order valence-corrected chi connectivity index (χ0v) is 18.0. The molecule has 6 nitrogen and oxygen atoms in total. The number of hydrogen-bond donors (Lipinski definition) is 1. The van der Waals surface area contributed by atoms with Gasteiger partial charge in [0.1, 0.15) is 6.04 Å². The van der Waals surface area contributed by atoms with Crippen molar-refractivity contribution < 1.29 is 4.79 Å². The number of halogens is 1. The number of hydrogen-bond acceptors (Lipinski definition) is 3. The number of anilines is 1. The van der Waals surface area contributed by atoms with Crippen LogP contribution < -0.4 is 10.9 Å². The van der Waals surface area contributed by atoms with Gasteiger partial charge in [-0.25, -0.2) is 4.52 Å². The smallest absolute Gasteiger partial charge is 0.273 e. The van der Waals surface area contributed by atoms with E-state index in [1.807, 2.05) is 72.4 Å². The summed E-state index contributed by atoms with van der Waals surface area (Å²) in [5, 5.41) is 3.88. The number of nitrogens with one attached hydrogen (secondary N) is 1. The minimum absolute atomic E-state index is 0.116. The average Bonchev–Trinajstić information content (AvgIpc) is 3.00. The van der Waals surface area contributed by atoms with Gasteiger partial charge >= 0.3 is 0 Å². The van der Waals surface area contributed by atoms with Crippen LogP contribution in [0.3, 0.4) is 0 Å². The largest absolute Gasteiger partial charge is 0.324 e. The Morgan fingerprint density at radius 2 is 1.93 bits per heavy atom. The molecular weight excluding hydrogens is 432 g/mol. The van der Waals surface area contributed by atoms with E-state index in [0.717, 1.165) is 32.3 Å². The van der Waals surface area contributed by atoms with Gasteiger partial charge in [0.05, 0.1) is 5.52 Å². The first-order valence-corrected chi connectivity index (χ1v) is 10.3. The number of carbonyl (C=O) groups excluding carboxylic acids is 1. The third-order valence-electron chi connectivity index (χ3n) is 5.10. The number of aromatic nitrogens is 3. The average molecular weight is 453 g/mol. The summed E-state index contributed by atoms with van der Waals surface area (Å²) in [6.07, 6.45) is 0.584. The van der Waals surface area contributed by atoms with Gasteiger partial charge in [-0.1, -0.05) is 35.0 Å². The Morgan fingerprint density at radius 3 is 2.66 bits per heavy atom. The van der Waals surface area contributed by atoms with Crippen LogP contribution in [-0.4, -0.2) is 20.1 Å². The van der Waals surface area contributed by atoms with E-state index in [1.54, 1.807) is 0 Å². The number of nitrogens with zero attached hydrogens (tertiary/aromatic N) is 3. The summed E-state index contributed by atoms with van der Waals surface area (Å²) in [5.74, 6) is -0.116. The number of amides is 1. The molecule has 0 aliphatic rings. The molecule has 0 spiro atoms. The molecule has 1 N–H and O–H groups in total. The van der Waals surface area contributed by atoms with Gasteiger partial charge in [-0.2, -0.15) is 4.98 Å². The van der Waals surface area contributed by atoms with Gasteiger partial charge in [0, 0.05) is 27.3 Å². The first kappa shape index (κ1) is 19.4. The van der Waals surface area contributed by atoms with E-state index < -0.39 is 6.04 Å². The van der Waals surface area contributed by atoms with Crippen LogP contribution in [0, 0.1) is 13.8 Å². The molecule has 148 valence electrons. The summed E-state index contributed by atoms with van der Waals surface area (Å²) in [6.45, 7) is 5.81. The summed E-state index contributed by atoms with van der Waals surface area (Å²) in [4.78, 5) is 29.5. The van der Waals surface area contributed by atoms with Crippen molar-refractivity contribution in [2.75, 3.05) is 5.32 Å². The minimum Gasteiger partial charge on any atom is -0.324 e. The highest BCUT2D eigenvalue weighted by Crippen LogP contribution is 2.28. The normalized spacial score (nSPS) is 12.4. The zero-order valence-electron chi connectivity index (χ0n) is 16.4. The monoisotopic (exact) mass is 452 g/mol. The van der Waals surface area contributed by atoms with Crippen molar-refractivity contribution in [3.63, 3.8) is 0 Å². The Kier molecular flexibility index (Phi) is 5.00. The second-order valence-electron chi connectivity index (χ2n) is 7.11. The molecule has 0 aliphatic carbocycles. The number of rotatable bonds is 4. The van der Waals surface area contributed by atoms with Crippen LogP contribution in [0.1, 0.15) is 30.6 Å². The fourth-order valence-electron chi connectivity index (χ4n) is 3.73. The Labute approximate surface area is 176 Å². The lowest BCUT2D eigenvalue weighted by atomic mass is 10.1. The molecule has 2 aromatic heterocycles. The van der Waals surface area contributed by atoms with Gasteiger partial charge in [0.25, 0.3) is 5.56 Å². The SMILES string of the molecule is CC[C@H](C(=O)Nc1ccc(Br)c(C)c1)n1c2ccccc2c2nc(=O)cc(C)n21. The molecule has 2 aromatic carbocycles. The summed E-state index contributed by atoms with van der Waals surface area (Å²) in [6, 6.07) is 14.5. The van der Waals surface area contributed by atoms with Gasteiger partial charge in [-0.05, 0) is 56.2 Å². The van der Waals surface area contributed by atoms with Crippen molar-refractivity contribution in [2.45, 2.75) is 33.2 Å². The van der Waals surface area contributed by atoms with Crippen molar-refractivity contribution in [3.05, 3.63) is 74.6 Å². The minimum atomic E-state index is -0.468. The molecule has 0 aliphatic heterocycles. The number of aryl methyl sites for hydroxylation is 2. The van der Waals surface area contributed by atoms with Gasteiger partial charge in [0.15, 0.2) is 5.65 Å². The van der Waals surface area contributed by atoms with Crippen LogP contribution in [0.5, 0.6) is 0 Å². The standard InChI is InChI=1S/C22H21BrN4O2/c1-4-18(22(29)24-15-9-10-17(23)13(2)11-15)27-19-8-6-5-7-16(19)21-25-20(28)12-14(3)26(21)27/h5-12,18H,4H2,1-3H3,(H,24,29)/t18-/m1/s1. The van der Waals surface area contributed by atoms with Crippen LogP contribution in [0.15, 0.2) is 57.8 Å². The number of fused-ring (bicyclic) bond motifs is 3. The highest BCUT2D eigenvalue weighted by atomic mass is 79.9. The maximum atomic E-state index is 13.3. The third kappa shape index (κ3) is 3.35. The zero-order chi connectivity index (χ0) is 20.7. The molecule has 0 saturated carbocycles. The van der Waals surface area contributed by atoms with Gasteiger partial charge in [0.2, 0.25) is 5.91 Å². The predicted molar refractivity (Wildman–Crippen MR) is 119 cm³/mol. The molecule has 2 heterocycles. The third-order valence-corrected chi connectivity index (χ3v) is 5.99.